The lowest BCUT2D eigenvalue weighted by molar-refractivity contribution is 0.188. The minimum atomic E-state index is -0.396. The highest BCUT2D eigenvalue weighted by molar-refractivity contribution is 7.07. The van der Waals surface area contributed by atoms with Gasteiger partial charge in [-0.2, -0.15) is 0 Å². The summed E-state index contributed by atoms with van der Waals surface area (Å²) in [6.45, 7) is 4.40. The lowest BCUT2D eigenvalue weighted by Gasteiger charge is -2.31. The van der Waals surface area contributed by atoms with Gasteiger partial charge in [-0.05, 0) is 31.9 Å². The molecule has 4 rings (SSSR count). The van der Waals surface area contributed by atoms with Crippen molar-refractivity contribution in [2.75, 3.05) is 18.4 Å². The smallest absolute Gasteiger partial charge is 0.320 e. The fourth-order valence-corrected chi connectivity index (χ4v) is 4.01. The summed E-state index contributed by atoms with van der Waals surface area (Å²) in [5.41, 5.74) is 3.84. The summed E-state index contributed by atoms with van der Waals surface area (Å²) in [6, 6.07) is 6.07. The summed E-state index contributed by atoms with van der Waals surface area (Å²) in [5.74, 6) is 0.211. The Morgan fingerprint density at radius 3 is 2.86 bits per heavy atom. The van der Waals surface area contributed by atoms with Crippen LogP contribution in [0.5, 0.6) is 0 Å². The number of likely N-dealkylation sites (tertiary alicyclic amines) is 1. The summed E-state index contributed by atoms with van der Waals surface area (Å²) < 4.78 is 19.3. The van der Waals surface area contributed by atoms with Crippen LogP contribution in [-0.4, -0.2) is 40.2 Å². The molecule has 152 valence electrons. The Kier molecular flexibility index (Phi) is 5.86. The molecular formula is C20H22FN5O2S. The van der Waals surface area contributed by atoms with Gasteiger partial charge in [0.05, 0.1) is 16.8 Å². The molecule has 2 N–H and O–H groups in total. The Morgan fingerprint density at radius 2 is 2.14 bits per heavy atom. The number of halogens is 1. The largest absolute Gasteiger partial charge is 0.354 e. The van der Waals surface area contributed by atoms with Crippen molar-refractivity contribution >= 4 is 23.2 Å². The first-order valence-corrected chi connectivity index (χ1v) is 10.4. The summed E-state index contributed by atoms with van der Waals surface area (Å²) >= 11 is 1.60. The number of benzene rings is 1. The highest BCUT2D eigenvalue weighted by Crippen LogP contribution is 2.30. The fraction of sp³-hybridized carbons (Fsp3) is 0.350. The van der Waals surface area contributed by atoms with Crippen LogP contribution < -0.4 is 10.6 Å². The van der Waals surface area contributed by atoms with E-state index >= 15 is 0 Å². The van der Waals surface area contributed by atoms with E-state index in [2.05, 4.69) is 31.1 Å². The van der Waals surface area contributed by atoms with Gasteiger partial charge < -0.3 is 9.84 Å². The van der Waals surface area contributed by atoms with Crippen LogP contribution in [-0.2, 0) is 6.54 Å². The lowest BCUT2D eigenvalue weighted by atomic mass is 10.1. The van der Waals surface area contributed by atoms with Gasteiger partial charge in [0.25, 0.3) is 0 Å². The van der Waals surface area contributed by atoms with Gasteiger partial charge in [0.1, 0.15) is 5.82 Å². The van der Waals surface area contributed by atoms with Gasteiger partial charge in [-0.15, -0.1) is 11.3 Å². The molecule has 1 aliphatic heterocycles. The predicted molar refractivity (Wildman–Crippen MR) is 109 cm³/mol. The molecule has 2 aromatic heterocycles. The number of piperidine rings is 1. The van der Waals surface area contributed by atoms with Gasteiger partial charge in [-0.25, -0.2) is 14.2 Å². The summed E-state index contributed by atoms with van der Waals surface area (Å²) in [5, 5.41) is 11.7. The standard InChI is InChI=1S/C20H22FN5O2S/c1-13-18(16-4-2-3-5-17(16)21)28-25-19(13)24-20(27)23-14-6-8-26(9-7-14)10-15-11-29-12-22-15/h2-5,11-12,14H,6-10H2,1H3,(H2,23,24,25,27). The van der Waals surface area contributed by atoms with Crippen molar-refractivity contribution in [1.82, 2.24) is 20.4 Å². The Hall–Kier alpha value is -2.78. The number of aromatic nitrogens is 2. The molecular weight excluding hydrogens is 393 g/mol. The number of carbonyl (C=O) groups excluding carboxylic acids is 1. The summed E-state index contributed by atoms with van der Waals surface area (Å²) in [4.78, 5) is 19.0. The van der Waals surface area contributed by atoms with Gasteiger partial charge in [0, 0.05) is 36.6 Å². The van der Waals surface area contributed by atoms with Gasteiger partial charge in [-0.1, -0.05) is 17.3 Å². The zero-order chi connectivity index (χ0) is 20.2. The maximum absolute atomic E-state index is 14.0. The highest BCUT2D eigenvalue weighted by Gasteiger charge is 2.23. The number of anilines is 1. The van der Waals surface area contributed by atoms with Crippen LogP contribution in [0.25, 0.3) is 11.3 Å². The number of amides is 2. The van der Waals surface area contributed by atoms with E-state index in [-0.39, 0.29) is 12.1 Å². The first kappa shape index (κ1) is 19.5. The van der Waals surface area contributed by atoms with E-state index in [1.807, 2.05) is 5.51 Å². The zero-order valence-electron chi connectivity index (χ0n) is 16.0. The summed E-state index contributed by atoms with van der Waals surface area (Å²) in [6.07, 6.45) is 1.74. The first-order chi connectivity index (χ1) is 14.1. The SMILES string of the molecule is Cc1c(NC(=O)NC2CCN(Cc3cscn3)CC2)noc1-c1ccccc1F. The minimum absolute atomic E-state index is 0.0972. The second-order valence-corrected chi connectivity index (χ2v) is 7.81. The van der Waals surface area contributed by atoms with Crippen LogP contribution in [0, 0.1) is 12.7 Å². The Morgan fingerprint density at radius 1 is 1.34 bits per heavy atom. The van der Waals surface area contributed by atoms with Crippen molar-refractivity contribution in [1.29, 1.82) is 0 Å². The van der Waals surface area contributed by atoms with Gasteiger partial charge >= 0.3 is 6.03 Å². The lowest BCUT2D eigenvalue weighted by Crippen LogP contribution is -2.45. The molecule has 3 heterocycles. The maximum atomic E-state index is 14.0. The van der Waals surface area contributed by atoms with Gasteiger partial charge in [0.15, 0.2) is 11.6 Å². The van der Waals surface area contributed by atoms with Crippen molar-refractivity contribution in [3.8, 4) is 11.3 Å². The highest BCUT2D eigenvalue weighted by atomic mass is 32.1. The number of carbonyl (C=O) groups is 1. The molecule has 29 heavy (non-hydrogen) atoms. The minimum Gasteiger partial charge on any atom is -0.354 e. The monoisotopic (exact) mass is 415 g/mol. The van der Waals surface area contributed by atoms with E-state index in [1.54, 1.807) is 36.5 Å². The average molecular weight is 415 g/mol. The number of nitrogens with one attached hydrogen (secondary N) is 2. The molecule has 1 aromatic carbocycles. The first-order valence-electron chi connectivity index (χ1n) is 9.48. The van der Waals surface area contributed by atoms with Crippen molar-refractivity contribution in [3.63, 3.8) is 0 Å². The average Bonchev–Trinajstić information content (AvgIpc) is 3.34. The van der Waals surface area contributed by atoms with E-state index < -0.39 is 5.82 Å². The Labute approximate surface area is 171 Å². The topological polar surface area (TPSA) is 83.3 Å². The van der Waals surface area contributed by atoms with Crippen LogP contribution in [0.2, 0.25) is 0 Å². The number of urea groups is 1. The third-order valence-corrected chi connectivity index (χ3v) is 5.70. The van der Waals surface area contributed by atoms with Crippen molar-refractivity contribution < 1.29 is 13.7 Å². The second-order valence-electron chi connectivity index (χ2n) is 7.09. The second kappa shape index (κ2) is 8.71. The Balaban J connectivity index is 1.30. The molecule has 1 aliphatic rings. The van der Waals surface area contributed by atoms with Crippen LogP contribution >= 0.6 is 11.3 Å². The molecule has 0 atom stereocenters. The molecule has 9 heteroatoms. The molecule has 7 nitrogen and oxygen atoms in total. The number of thiazole rings is 1. The van der Waals surface area contributed by atoms with Crippen LogP contribution in [0.4, 0.5) is 15.0 Å². The molecule has 0 saturated carbocycles. The van der Waals surface area contributed by atoms with E-state index in [9.17, 15) is 9.18 Å². The van der Waals surface area contributed by atoms with Crippen molar-refractivity contribution in [3.05, 3.63) is 52.2 Å². The van der Waals surface area contributed by atoms with Crippen LogP contribution in [0.1, 0.15) is 24.1 Å². The normalized spacial score (nSPS) is 15.4. The quantitative estimate of drug-likeness (QED) is 0.657. The zero-order valence-corrected chi connectivity index (χ0v) is 16.8. The number of nitrogens with zero attached hydrogens (tertiary/aromatic N) is 3. The van der Waals surface area contributed by atoms with E-state index in [0.29, 0.717) is 22.7 Å². The molecule has 1 fully saturated rings. The fourth-order valence-electron chi connectivity index (χ4n) is 3.46. The molecule has 3 aromatic rings. The maximum Gasteiger partial charge on any atom is 0.320 e. The molecule has 1 saturated heterocycles. The Bertz CT molecular complexity index is 967. The van der Waals surface area contributed by atoms with Gasteiger partial charge in [0.2, 0.25) is 0 Å². The number of hydrogen-bond donors (Lipinski definition) is 2. The number of rotatable bonds is 5. The van der Waals surface area contributed by atoms with E-state index in [4.69, 9.17) is 4.52 Å². The van der Waals surface area contributed by atoms with Crippen molar-refractivity contribution in [2.45, 2.75) is 32.4 Å². The summed E-state index contributed by atoms with van der Waals surface area (Å²) in [7, 11) is 0. The molecule has 2 amide bonds. The molecule has 0 unspecified atom stereocenters. The molecule has 0 spiro atoms. The predicted octanol–water partition coefficient (Wildman–Crippen LogP) is 4.03. The number of hydrogen-bond acceptors (Lipinski definition) is 6. The molecule has 0 radical (unpaired) electrons. The third-order valence-electron chi connectivity index (χ3n) is 5.07. The molecule has 0 bridgehead atoms. The van der Waals surface area contributed by atoms with Gasteiger partial charge in [-0.3, -0.25) is 10.2 Å². The van der Waals surface area contributed by atoms with E-state index in [0.717, 1.165) is 38.2 Å². The van der Waals surface area contributed by atoms with E-state index in [1.165, 1.54) is 6.07 Å². The third kappa shape index (κ3) is 4.63. The molecule has 0 aliphatic carbocycles. The van der Waals surface area contributed by atoms with Crippen LogP contribution in [0.3, 0.4) is 0 Å². The van der Waals surface area contributed by atoms with Crippen molar-refractivity contribution in [2.24, 2.45) is 0 Å². The van der Waals surface area contributed by atoms with Crippen LogP contribution in [0.15, 0.2) is 39.7 Å².